The number of pyridine rings is 1. The summed E-state index contributed by atoms with van der Waals surface area (Å²) >= 11 is 1.69. The number of carboxylic acid groups (broad SMARTS) is 2. The highest BCUT2D eigenvalue weighted by atomic mass is 32.1. The number of thiazole rings is 1. The van der Waals surface area contributed by atoms with E-state index in [2.05, 4.69) is 25.2 Å². The van der Waals surface area contributed by atoms with Gasteiger partial charge in [0.05, 0.1) is 25.5 Å². The monoisotopic (exact) mass is 584 g/mol. The van der Waals surface area contributed by atoms with Crippen LogP contribution in [0.2, 0.25) is 0 Å². The van der Waals surface area contributed by atoms with Crippen molar-refractivity contribution in [1.82, 2.24) is 29.9 Å². The molecule has 4 heterocycles. The predicted molar refractivity (Wildman–Crippen MR) is 121 cm³/mol. The van der Waals surface area contributed by atoms with Crippen LogP contribution in [0.5, 0.6) is 0 Å². The quantitative estimate of drug-likeness (QED) is 0.415. The van der Waals surface area contributed by atoms with Gasteiger partial charge in [0.1, 0.15) is 10.7 Å². The van der Waals surface area contributed by atoms with Crippen LogP contribution in [0.3, 0.4) is 0 Å². The number of aromatic nitrogens is 5. The van der Waals surface area contributed by atoms with Crippen LogP contribution in [-0.2, 0) is 41.1 Å². The molecule has 18 heteroatoms. The SMILES string of the molecule is Cn1nnc2c1C(COCc1ccncc1)CN(Cc1nccs1)C2.O=C(O)C(F)(F)F.O=C(O)C(F)(F)F. The van der Waals surface area contributed by atoms with Gasteiger partial charge in [-0.15, -0.1) is 16.4 Å². The Hall–Kier alpha value is -3.64. The smallest absolute Gasteiger partial charge is 0.475 e. The van der Waals surface area contributed by atoms with Crippen molar-refractivity contribution in [3.63, 3.8) is 0 Å². The number of aliphatic carboxylic acids is 2. The molecule has 3 aromatic heterocycles. The van der Waals surface area contributed by atoms with Gasteiger partial charge in [0, 0.05) is 50.0 Å². The molecule has 0 aliphatic carbocycles. The normalized spacial score (nSPS) is 15.3. The van der Waals surface area contributed by atoms with Crippen LogP contribution in [0.15, 0.2) is 36.1 Å². The molecule has 3 aromatic rings. The molecule has 0 radical (unpaired) electrons. The van der Waals surface area contributed by atoms with E-state index >= 15 is 0 Å². The van der Waals surface area contributed by atoms with Gasteiger partial charge >= 0.3 is 24.3 Å². The number of rotatable bonds is 6. The molecule has 0 aromatic carbocycles. The fraction of sp³-hybridized carbons (Fsp3) is 0.429. The topological polar surface area (TPSA) is 144 Å². The van der Waals surface area contributed by atoms with Gasteiger partial charge in [0.2, 0.25) is 0 Å². The highest BCUT2D eigenvalue weighted by Gasteiger charge is 2.39. The molecular formula is C21H22F6N6O5S. The van der Waals surface area contributed by atoms with Crippen LogP contribution >= 0.6 is 11.3 Å². The summed E-state index contributed by atoms with van der Waals surface area (Å²) in [6, 6.07) is 3.96. The minimum absolute atomic E-state index is 0.255. The largest absolute Gasteiger partial charge is 0.490 e. The van der Waals surface area contributed by atoms with Crippen LogP contribution in [0, 0.1) is 0 Å². The number of ether oxygens (including phenoxy) is 1. The summed E-state index contributed by atoms with van der Waals surface area (Å²) in [5.41, 5.74) is 3.36. The first kappa shape index (κ1) is 31.6. The number of carboxylic acids is 2. The maximum Gasteiger partial charge on any atom is 0.490 e. The van der Waals surface area contributed by atoms with Crippen LogP contribution < -0.4 is 0 Å². The molecule has 0 fully saturated rings. The third-order valence-corrected chi connectivity index (χ3v) is 5.61. The Morgan fingerprint density at radius 1 is 1.08 bits per heavy atom. The third kappa shape index (κ3) is 10.6. The lowest BCUT2D eigenvalue weighted by molar-refractivity contribution is -0.193. The van der Waals surface area contributed by atoms with Gasteiger partial charge in [-0.05, 0) is 17.7 Å². The first-order valence-corrected chi connectivity index (χ1v) is 11.6. The lowest BCUT2D eigenvalue weighted by Gasteiger charge is -2.31. The summed E-state index contributed by atoms with van der Waals surface area (Å²) in [4.78, 5) is 28.6. The minimum Gasteiger partial charge on any atom is -0.475 e. The van der Waals surface area contributed by atoms with Crippen molar-refractivity contribution < 1.29 is 50.9 Å². The van der Waals surface area contributed by atoms with Gasteiger partial charge in [0.15, 0.2) is 0 Å². The molecule has 1 atom stereocenters. The van der Waals surface area contributed by atoms with Gasteiger partial charge in [0.25, 0.3) is 0 Å². The van der Waals surface area contributed by atoms with E-state index in [0.29, 0.717) is 13.2 Å². The van der Waals surface area contributed by atoms with Gasteiger partial charge in [-0.1, -0.05) is 5.21 Å². The van der Waals surface area contributed by atoms with E-state index in [-0.39, 0.29) is 5.92 Å². The van der Waals surface area contributed by atoms with E-state index in [1.165, 1.54) is 5.69 Å². The minimum atomic E-state index is -5.08. The second-order valence-electron chi connectivity index (χ2n) is 7.81. The molecule has 214 valence electrons. The highest BCUT2D eigenvalue weighted by Crippen LogP contribution is 2.28. The molecular weight excluding hydrogens is 562 g/mol. The van der Waals surface area contributed by atoms with E-state index in [0.717, 1.165) is 35.9 Å². The second kappa shape index (κ2) is 13.9. The summed E-state index contributed by atoms with van der Waals surface area (Å²) < 4.78 is 71.3. The molecule has 0 bridgehead atoms. The highest BCUT2D eigenvalue weighted by molar-refractivity contribution is 7.09. The van der Waals surface area contributed by atoms with Crippen LogP contribution in [0.1, 0.15) is 27.9 Å². The number of fused-ring (bicyclic) bond motifs is 1. The van der Waals surface area contributed by atoms with Crippen molar-refractivity contribution >= 4 is 23.3 Å². The molecule has 39 heavy (non-hydrogen) atoms. The molecule has 1 unspecified atom stereocenters. The number of halogens is 6. The molecule has 0 amide bonds. The third-order valence-electron chi connectivity index (χ3n) is 4.85. The fourth-order valence-electron chi connectivity index (χ4n) is 3.27. The lowest BCUT2D eigenvalue weighted by Crippen LogP contribution is -2.36. The van der Waals surface area contributed by atoms with Crippen molar-refractivity contribution in [2.75, 3.05) is 13.2 Å². The Morgan fingerprint density at radius 2 is 1.67 bits per heavy atom. The van der Waals surface area contributed by atoms with Crippen LogP contribution in [0.4, 0.5) is 26.3 Å². The summed E-state index contributed by atoms with van der Waals surface area (Å²) in [7, 11) is 1.96. The zero-order valence-corrected chi connectivity index (χ0v) is 20.9. The summed E-state index contributed by atoms with van der Waals surface area (Å²) in [6.07, 6.45) is -4.73. The average molecular weight is 584 g/mol. The molecule has 1 aliphatic rings. The molecule has 0 saturated heterocycles. The predicted octanol–water partition coefficient (Wildman–Crippen LogP) is 3.25. The molecule has 4 rings (SSSR count). The number of hydrogen-bond donors (Lipinski definition) is 2. The van der Waals surface area contributed by atoms with E-state index in [1.807, 2.05) is 35.4 Å². The molecule has 1 aliphatic heterocycles. The molecule has 11 nitrogen and oxygen atoms in total. The second-order valence-corrected chi connectivity index (χ2v) is 8.79. The molecule has 0 spiro atoms. The summed E-state index contributed by atoms with van der Waals surface area (Å²) in [5.74, 6) is -5.26. The van der Waals surface area contributed by atoms with E-state index in [1.54, 1.807) is 23.7 Å². The van der Waals surface area contributed by atoms with E-state index < -0.39 is 24.3 Å². The zero-order chi connectivity index (χ0) is 29.2. The standard InChI is InChI=1S/C17H20N6OS.2C2HF3O2/c1-22-17-14(12-24-11-13-2-4-18-5-3-13)8-23(9-15(17)20-21-22)10-16-19-6-7-25-16;2*3-2(4,5)1(6)7/h2-7,14H,8-12H2,1H3;2*(H,6,7). The Kier molecular flexibility index (Phi) is 11.3. The zero-order valence-electron chi connectivity index (χ0n) is 20.1. The number of aryl methyl sites for hydroxylation is 1. The number of nitrogens with zero attached hydrogens (tertiary/aromatic N) is 6. The Balaban J connectivity index is 0.000000317. The number of alkyl halides is 6. The van der Waals surface area contributed by atoms with Crippen molar-refractivity contribution in [3.8, 4) is 0 Å². The Labute approximate surface area is 220 Å². The van der Waals surface area contributed by atoms with Gasteiger partial charge in [-0.3, -0.25) is 14.6 Å². The van der Waals surface area contributed by atoms with E-state index in [9.17, 15) is 26.3 Å². The first-order chi connectivity index (χ1) is 18.2. The van der Waals surface area contributed by atoms with Gasteiger partial charge in [-0.25, -0.2) is 14.6 Å². The van der Waals surface area contributed by atoms with Crippen molar-refractivity contribution in [3.05, 3.63) is 58.1 Å². The van der Waals surface area contributed by atoms with Crippen molar-refractivity contribution in [2.24, 2.45) is 7.05 Å². The van der Waals surface area contributed by atoms with Gasteiger partial charge in [-0.2, -0.15) is 26.3 Å². The molecule has 2 N–H and O–H groups in total. The maximum absolute atomic E-state index is 10.6. The summed E-state index contributed by atoms with van der Waals surface area (Å²) in [5, 5.41) is 25.9. The van der Waals surface area contributed by atoms with Gasteiger partial charge < -0.3 is 14.9 Å². The lowest BCUT2D eigenvalue weighted by atomic mass is 9.99. The maximum atomic E-state index is 10.6. The van der Waals surface area contributed by atoms with Crippen molar-refractivity contribution in [2.45, 2.75) is 38.0 Å². The Morgan fingerprint density at radius 3 is 2.18 bits per heavy atom. The fourth-order valence-corrected chi connectivity index (χ4v) is 3.92. The van der Waals surface area contributed by atoms with E-state index in [4.69, 9.17) is 24.5 Å². The number of carbonyl (C=O) groups is 2. The Bertz CT molecular complexity index is 1170. The average Bonchev–Trinajstić information content (AvgIpc) is 3.49. The van der Waals surface area contributed by atoms with Crippen LogP contribution in [-0.4, -0.2) is 77.5 Å². The van der Waals surface area contributed by atoms with Crippen LogP contribution in [0.25, 0.3) is 0 Å². The summed E-state index contributed by atoms with van der Waals surface area (Å²) in [6.45, 7) is 3.80. The van der Waals surface area contributed by atoms with Crippen molar-refractivity contribution in [1.29, 1.82) is 0 Å². The molecule has 0 saturated carbocycles. The first-order valence-electron chi connectivity index (χ1n) is 10.7. The number of hydrogen-bond acceptors (Lipinski definition) is 9.